The molecule has 2 atom stereocenters. The molecule has 8 heteroatoms. The predicted molar refractivity (Wildman–Crippen MR) is 138 cm³/mol. The summed E-state index contributed by atoms with van der Waals surface area (Å²) < 4.78 is 5.42. The zero-order valence-corrected chi connectivity index (χ0v) is 20.3. The molecule has 3 rings (SSSR count). The topological polar surface area (TPSA) is 137 Å². The van der Waals surface area contributed by atoms with Gasteiger partial charge in [0.05, 0.1) is 12.5 Å². The molecule has 0 unspecified atom stereocenters. The molecule has 0 saturated carbocycles. The highest BCUT2D eigenvalue weighted by Crippen LogP contribution is 2.21. The van der Waals surface area contributed by atoms with Crippen LogP contribution in [0.2, 0.25) is 0 Å². The summed E-state index contributed by atoms with van der Waals surface area (Å²) in [6.07, 6.45) is 0. The standard InChI is InChI=1S/C28H32N4O4/c1-2-36-23-14-12-22(13-15-23)25(26(30)33)28(35)32-18-24(21-6-4-3-5-7-21)27(34)31-17-20-10-8-19(16-29)9-11-20/h3-15,24-25H,2,16-18,29H2,1H3,(H2,30,33)(H,31,34)(H,32,35)/t24-,25+/m0/s1. The van der Waals surface area contributed by atoms with E-state index in [1.54, 1.807) is 24.3 Å². The highest BCUT2D eigenvalue weighted by molar-refractivity contribution is 6.05. The van der Waals surface area contributed by atoms with Gasteiger partial charge in [0.2, 0.25) is 17.7 Å². The molecule has 0 aliphatic rings. The molecule has 0 bridgehead atoms. The minimum atomic E-state index is -1.19. The van der Waals surface area contributed by atoms with Gasteiger partial charge < -0.3 is 26.8 Å². The second kappa shape index (κ2) is 13.1. The molecular weight excluding hydrogens is 456 g/mol. The number of hydrogen-bond donors (Lipinski definition) is 4. The van der Waals surface area contributed by atoms with Crippen LogP contribution >= 0.6 is 0 Å². The van der Waals surface area contributed by atoms with E-state index < -0.39 is 23.7 Å². The van der Waals surface area contributed by atoms with Crippen LogP contribution in [0.5, 0.6) is 5.75 Å². The van der Waals surface area contributed by atoms with Crippen LogP contribution in [0.1, 0.15) is 41.0 Å². The molecule has 3 aromatic carbocycles. The van der Waals surface area contributed by atoms with E-state index in [0.29, 0.717) is 31.0 Å². The fraction of sp³-hybridized carbons (Fsp3) is 0.250. The number of ether oxygens (including phenoxy) is 1. The van der Waals surface area contributed by atoms with Gasteiger partial charge in [-0.15, -0.1) is 0 Å². The minimum Gasteiger partial charge on any atom is -0.494 e. The van der Waals surface area contributed by atoms with Gasteiger partial charge in [0.1, 0.15) is 11.7 Å². The van der Waals surface area contributed by atoms with Gasteiger partial charge in [0, 0.05) is 19.6 Å². The second-order valence-corrected chi connectivity index (χ2v) is 8.28. The van der Waals surface area contributed by atoms with Gasteiger partial charge in [0.25, 0.3) is 0 Å². The third-order valence-corrected chi connectivity index (χ3v) is 5.80. The van der Waals surface area contributed by atoms with Crippen molar-refractivity contribution in [1.29, 1.82) is 0 Å². The normalized spacial score (nSPS) is 12.3. The molecule has 188 valence electrons. The lowest BCUT2D eigenvalue weighted by Crippen LogP contribution is -2.41. The van der Waals surface area contributed by atoms with Crippen molar-refractivity contribution in [3.63, 3.8) is 0 Å². The third kappa shape index (κ3) is 7.16. The summed E-state index contributed by atoms with van der Waals surface area (Å²) in [5, 5.41) is 5.68. The maximum Gasteiger partial charge on any atom is 0.237 e. The molecule has 0 saturated heterocycles. The van der Waals surface area contributed by atoms with Crippen molar-refractivity contribution in [2.45, 2.75) is 31.8 Å². The summed E-state index contributed by atoms with van der Waals surface area (Å²) in [7, 11) is 0. The zero-order chi connectivity index (χ0) is 25.9. The first-order valence-corrected chi connectivity index (χ1v) is 11.8. The number of rotatable bonds is 12. The van der Waals surface area contributed by atoms with Gasteiger partial charge >= 0.3 is 0 Å². The molecule has 0 radical (unpaired) electrons. The van der Waals surface area contributed by atoms with Crippen molar-refractivity contribution >= 4 is 17.7 Å². The van der Waals surface area contributed by atoms with Crippen LogP contribution < -0.4 is 26.8 Å². The molecule has 0 spiro atoms. The number of amides is 3. The Labute approximate surface area is 211 Å². The molecule has 3 amide bonds. The van der Waals surface area contributed by atoms with Gasteiger partial charge in [-0.25, -0.2) is 0 Å². The summed E-state index contributed by atoms with van der Waals surface area (Å²) in [5.74, 6) is -2.82. The monoisotopic (exact) mass is 488 g/mol. The fourth-order valence-corrected chi connectivity index (χ4v) is 3.83. The number of nitrogens with two attached hydrogens (primary N) is 2. The Kier molecular flexibility index (Phi) is 9.59. The quantitative estimate of drug-likeness (QED) is 0.290. The first kappa shape index (κ1) is 26.4. The molecule has 0 aromatic heterocycles. The van der Waals surface area contributed by atoms with Crippen LogP contribution in [0.3, 0.4) is 0 Å². The number of hydrogen-bond acceptors (Lipinski definition) is 5. The van der Waals surface area contributed by atoms with Crippen molar-refractivity contribution in [2.75, 3.05) is 13.2 Å². The first-order valence-electron chi connectivity index (χ1n) is 11.8. The van der Waals surface area contributed by atoms with E-state index in [0.717, 1.165) is 16.7 Å². The second-order valence-electron chi connectivity index (χ2n) is 8.28. The van der Waals surface area contributed by atoms with E-state index >= 15 is 0 Å². The van der Waals surface area contributed by atoms with Crippen molar-refractivity contribution < 1.29 is 19.1 Å². The first-order chi connectivity index (χ1) is 17.4. The van der Waals surface area contributed by atoms with E-state index in [2.05, 4.69) is 10.6 Å². The summed E-state index contributed by atoms with van der Waals surface area (Å²) >= 11 is 0. The molecule has 0 fully saturated rings. The zero-order valence-electron chi connectivity index (χ0n) is 20.3. The summed E-state index contributed by atoms with van der Waals surface area (Å²) in [4.78, 5) is 38.3. The molecular formula is C28H32N4O4. The van der Waals surface area contributed by atoms with E-state index in [1.807, 2.05) is 61.5 Å². The van der Waals surface area contributed by atoms with E-state index in [-0.39, 0.29) is 12.5 Å². The SMILES string of the molecule is CCOc1ccc([C@H](C(N)=O)C(=O)NC[C@H](C(=O)NCc2ccc(CN)cc2)c2ccccc2)cc1. The highest BCUT2D eigenvalue weighted by atomic mass is 16.5. The minimum absolute atomic E-state index is 0.00159. The molecule has 3 aromatic rings. The summed E-state index contributed by atoms with van der Waals surface area (Å²) in [6.45, 7) is 3.15. The van der Waals surface area contributed by atoms with Gasteiger partial charge in [-0.1, -0.05) is 66.7 Å². The number of benzene rings is 3. The van der Waals surface area contributed by atoms with Crippen LogP contribution in [0.15, 0.2) is 78.9 Å². The smallest absolute Gasteiger partial charge is 0.237 e. The number of nitrogens with one attached hydrogen (secondary N) is 2. The Hall–Kier alpha value is -4.17. The Morgan fingerprint density at radius 1 is 0.806 bits per heavy atom. The van der Waals surface area contributed by atoms with Crippen molar-refractivity contribution in [1.82, 2.24) is 10.6 Å². The molecule has 6 N–H and O–H groups in total. The van der Waals surface area contributed by atoms with E-state index in [9.17, 15) is 14.4 Å². The summed E-state index contributed by atoms with van der Waals surface area (Å²) in [5.41, 5.74) is 14.3. The van der Waals surface area contributed by atoms with E-state index in [4.69, 9.17) is 16.2 Å². The van der Waals surface area contributed by atoms with Crippen LogP contribution in [0, 0.1) is 0 Å². The van der Waals surface area contributed by atoms with Crippen LogP contribution in [0.25, 0.3) is 0 Å². The van der Waals surface area contributed by atoms with E-state index in [1.165, 1.54) is 0 Å². The van der Waals surface area contributed by atoms with Gasteiger partial charge in [-0.3, -0.25) is 14.4 Å². The number of carbonyl (C=O) groups is 3. The molecule has 8 nitrogen and oxygen atoms in total. The van der Waals surface area contributed by atoms with Gasteiger partial charge in [-0.2, -0.15) is 0 Å². The Balaban J connectivity index is 1.70. The number of primary amides is 1. The maximum absolute atomic E-state index is 13.1. The molecule has 0 heterocycles. The largest absolute Gasteiger partial charge is 0.494 e. The lowest BCUT2D eigenvalue weighted by molar-refractivity contribution is -0.130. The van der Waals surface area contributed by atoms with Crippen LogP contribution in [-0.2, 0) is 27.5 Å². The molecule has 0 aliphatic heterocycles. The average molecular weight is 489 g/mol. The number of carbonyl (C=O) groups excluding carboxylic acids is 3. The van der Waals surface area contributed by atoms with Crippen LogP contribution in [0.4, 0.5) is 0 Å². The maximum atomic E-state index is 13.1. The molecule has 0 aliphatic carbocycles. The van der Waals surface area contributed by atoms with Crippen molar-refractivity contribution in [3.8, 4) is 5.75 Å². The van der Waals surface area contributed by atoms with Crippen molar-refractivity contribution in [2.24, 2.45) is 11.5 Å². The Bertz CT molecular complexity index is 1150. The lowest BCUT2D eigenvalue weighted by atomic mass is 9.95. The Morgan fingerprint density at radius 3 is 2.03 bits per heavy atom. The predicted octanol–water partition coefficient (Wildman–Crippen LogP) is 2.33. The third-order valence-electron chi connectivity index (χ3n) is 5.80. The van der Waals surface area contributed by atoms with Gasteiger partial charge in [-0.05, 0) is 41.3 Å². The fourth-order valence-electron chi connectivity index (χ4n) is 3.83. The van der Waals surface area contributed by atoms with Gasteiger partial charge in [0.15, 0.2) is 0 Å². The summed E-state index contributed by atoms with van der Waals surface area (Å²) in [6, 6.07) is 23.5. The lowest BCUT2D eigenvalue weighted by Gasteiger charge is -2.20. The molecule has 36 heavy (non-hydrogen) atoms. The van der Waals surface area contributed by atoms with Crippen molar-refractivity contribution in [3.05, 3.63) is 101 Å². The highest BCUT2D eigenvalue weighted by Gasteiger charge is 2.28. The average Bonchev–Trinajstić information content (AvgIpc) is 2.89. The Morgan fingerprint density at radius 2 is 1.44 bits per heavy atom. The van der Waals surface area contributed by atoms with Crippen LogP contribution in [-0.4, -0.2) is 30.9 Å².